The van der Waals surface area contributed by atoms with Crippen molar-refractivity contribution < 1.29 is 13.9 Å². The molecule has 0 aromatic carbocycles. The van der Waals surface area contributed by atoms with E-state index in [4.69, 9.17) is 13.9 Å². The highest BCUT2D eigenvalue weighted by atomic mass is 16.7. The van der Waals surface area contributed by atoms with E-state index in [1.807, 2.05) is 36.9 Å². The highest BCUT2D eigenvalue weighted by Crippen LogP contribution is 2.22. The van der Waals surface area contributed by atoms with Gasteiger partial charge in [-0.2, -0.15) is 0 Å². The van der Waals surface area contributed by atoms with Crippen molar-refractivity contribution in [1.82, 2.24) is 14.9 Å². The van der Waals surface area contributed by atoms with Crippen LogP contribution in [0.2, 0.25) is 0 Å². The topological polar surface area (TPSA) is 61.5 Å². The van der Waals surface area contributed by atoms with Gasteiger partial charge in [0.25, 0.3) is 0 Å². The van der Waals surface area contributed by atoms with Gasteiger partial charge in [0.1, 0.15) is 17.6 Å². The lowest BCUT2D eigenvalue weighted by molar-refractivity contribution is -0.120. The normalized spacial score (nSPS) is 14.7. The molecule has 0 aliphatic carbocycles. The van der Waals surface area contributed by atoms with Crippen molar-refractivity contribution in [3.8, 4) is 0 Å². The van der Waals surface area contributed by atoms with E-state index in [9.17, 15) is 0 Å². The van der Waals surface area contributed by atoms with Crippen molar-refractivity contribution >= 4 is 0 Å². The van der Waals surface area contributed by atoms with Gasteiger partial charge in [-0.3, -0.25) is 5.32 Å². The maximum absolute atomic E-state index is 5.52. The molecule has 2 aromatic rings. The van der Waals surface area contributed by atoms with Gasteiger partial charge in [-0.25, -0.2) is 4.98 Å². The Morgan fingerprint density at radius 1 is 1.35 bits per heavy atom. The Balaban J connectivity index is 2.23. The second kappa shape index (κ2) is 6.69. The molecule has 6 nitrogen and oxygen atoms in total. The Morgan fingerprint density at radius 3 is 2.60 bits per heavy atom. The molecule has 110 valence electrons. The van der Waals surface area contributed by atoms with Crippen LogP contribution in [-0.2, 0) is 16.5 Å². The molecule has 0 amide bonds. The van der Waals surface area contributed by atoms with E-state index >= 15 is 0 Å². The zero-order valence-corrected chi connectivity index (χ0v) is 12.2. The number of furan rings is 1. The number of aromatic nitrogens is 2. The van der Waals surface area contributed by atoms with Crippen molar-refractivity contribution in [2.24, 2.45) is 7.05 Å². The van der Waals surface area contributed by atoms with Crippen LogP contribution in [0.5, 0.6) is 0 Å². The average Bonchev–Trinajstić information content (AvgIpc) is 3.09. The summed E-state index contributed by atoms with van der Waals surface area (Å²) in [5.74, 6) is 1.68. The summed E-state index contributed by atoms with van der Waals surface area (Å²) in [6.45, 7) is 2.00. The van der Waals surface area contributed by atoms with Gasteiger partial charge in [-0.1, -0.05) is 0 Å². The van der Waals surface area contributed by atoms with Crippen LogP contribution < -0.4 is 5.32 Å². The number of methoxy groups -OCH3 is 2. The van der Waals surface area contributed by atoms with Crippen molar-refractivity contribution in [2.75, 3.05) is 14.2 Å². The quantitative estimate of drug-likeness (QED) is 0.782. The molecule has 0 spiro atoms. The van der Waals surface area contributed by atoms with Gasteiger partial charge >= 0.3 is 0 Å². The summed E-state index contributed by atoms with van der Waals surface area (Å²) in [4.78, 5) is 4.39. The number of ether oxygens (including phenoxy) is 2. The lowest BCUT2D eigenvalue weighted by Gasteiger charge is -2.26. The molecule has 0 fully saturated rings. The molecular weight excluding hydrogens is 258 g/mol. The summed E-state index contributed by atoms with van der Waals surface area (Å²) in [6.07, 6.45) is 4.98. The Morgan fingerprint density at radius 2 is 2.10 bits per heavy atom. The molecule has 0 bridgehead atoms. The largest absolute Gasteiger partial charge is 0.467 e. The van der Waals surface area contributed by atoms with Crippen LogP contribution in [0.15, 0.2) is 35.2 Å². The summed E-state index contributed by atoms with van der Waals surface area (Å²) in [6, 6.07) is 3.60. The van der Waals surface area contributed by atoms with Gasteiger partial charge in [0, 0.05) is 33.7 Å². The molecule has 6 heteroatoms. The molecular formula is C14H21N3O3. The van der Waals surface area contributed by atoms with Crippen molar-refractivity contribution in [2.45, 2.75) is 25.3 Å². The first-order chi connectivity index (χ1) is 9.67. The summed E-state index contributed by atoms with van der Waals surface area (Å²) in [5, 5.41) is 3.44. The zero-order valence-electron chi connectivity index (χ0n) is 12.2. The summed E-state index contributed by atoms with van der Waals surface area (Å²) in [5.41, 5.74) is 0. The molecule has 2 atom stereocenters. The molecule has 0 saturated heterocycles. The Labute approximate surface area is 118 Å². The van der Waals surface area contributed by atoms with Crippen LogP contribution in [0.3, 0.4) is 0 Å². The van der Waals surface area contributed by atoms with E-state index in [0.717, 1.165) is 11.6 Å². The minimum atomic E-state index is -0.340. The first-order valence-electron chi connectivity index (χ1n) is 6.49. The van der Waals surface area contributed by atoms with Gasteiger partial charge in [-0.05, 0) is 19.1 Å². The van der Waals surface area contributed by atoms with Gasteiger partial charge in [0.05, 0.1) is 12.3 Å². The first kappa shape index (κ1) is 14.8. The van der Waals surface area contributed by atoms with Gasteiger partial charge in [-0.15, -0.1) is 0 Å². The van der Waals surface area contributed by atoms with Gasteiger partial charge in [0.2, 0.25) is 0 Å². The molecule has 0 aliphatic rings. The fraction of sp³-hybridized carbons (Fsp3) is 0.500. The number of rotatable bonds is 7. The van der Waals surface area contributed by atoms with Crippen LogP contribution in [0, 0.1) is 0 Å². The first-order valence-corrected chi connectivity index (χ1v) is 6.49. The molecule has 0 saturated carbocycles. The van der Waals surface area contributed by atoms with E-state index in [1.165, 1.54) is 0 Å². The third-order valence-corrected chi connectivity index (χ3v) is 3.25. The smallest absolute Gasteiger partial charge is 0.171 e. The number of nitrogens with zero attached hydrogens (tertiary/aromatic N) is 2. The predicted molar refractivity (Wildman–Crippen MR) is 74.2 cm³/mol. The van der Waals surface area contributed by atoms with E-state index < -0.39 is 0 Å². The summed E-state index contributed by atoms with van der Waals surface area (Å²) < 4.78 is 18.1. The highest BCUT2D eigenvalue weighted by molar-refractivity contribution is 5.16. The van der Waals surface area contributed by atoms with Gasteiger partial charge in [0.15, 0.2) is 6.29 Å². The third-order valence-electron chi connectivity index (χ3n) is 3.25. The van der Waals surface area contributed by atoms with E-state index in [-0.39, 0.29) is 18.4 Å². The SMILES string of the molecule is COC(OC)C(C)NC(c1ccco1)c1nccn1C. The monoisotopic (exact) mass is 279 g/mol. The molecule has 0 aliphatic heterocycles. The average molecular weight is 279 g/mol. The molecule has 0 radical (unpaired) electrons. The van der Waals surface area contributed by atoms with Crippen LogP contribution >= 0.6 is 0 Å². The van der Waals surface area contributed by atoms with E-state index in [2.05, 4.69) is 10.3 Å². The van der Waals surface area contributed by atoms with Crippen LogP contribution in [0.25, 0.3) is 0 Å². The standard InChI is InChI=1S/C14H21N3O3/c1-10(14(18-3)19-4)16-12(11-6-5-9-20-11)13-15-7-8-17(13)2/h5-10,12,14,16H,1-4H3. The number of aryl methyl sites for hydroxylation is 1. The molecule has 2 rings (SSSR count). The number of nitrogens with one attached hydrogen (secondary N) is 1. The molecule has 2 unspecified atom stereocenters. The van der Waals surface area contributed by atoms with Crippen molar-refractivity contribution in [1.29, 1.82) is 0 Å². The minimum Gasteiger partial charge on any atom is -0.467 e. The van der Waals surface area contributed by atoms with Crippen LogP contribution in [-0.4, -0.2) is 36.1 Å². The Bertz CT molecular complexity index is 505. The Hall–Kier alpha value is -1.63. The maximum atomic E-state index is 5.52. The van der Waals surface area contributed by atoms with Gasteiger partial charge < -0.3 is 18.5 Å². The second-order valence-corrected chi connectivity index (χ2v) is 4.64. The summed E-state index contributed by atoms with van der Waals surface area (Å²) >= 11 is 0. The second-order valence-electron chi connectivity index (χ2n) is 4.64. The molecule has 20 heavy (non-hydrogen) atoms. The molecule has 2 aromatic heterocycles. The van der Waals surface area contributed by atoms with Crippen molar-refractivity contribution in [3.63, 3.8) is 0 Å². The number of hydrogen-bond donors (Lipinski definition) is 1. The zero-order chi connectivity index (χ0) is 14.5. The fourth-order valence-electron chi connectivity index (χ4n) is 2.24. The lowest BCUT2D eigenvalue weighted by Crippen LogP contribution is -2.42. The summed E-state index contributed by atoms with van der Waals surface area (Å²) in [7, 11) is 5.19. The lowest BCUT2D eigenvalue weighted by atomic mass is 10.1. The highest BCUT2D eigenvalue weighted by Gasteiger charge is 2.26. The van der Waals surface area contributed by atoms with Crippen molar-refractivity contribution in [3.05, 3.63) is 42.4 Å². The predicted octanol–water partition coefficient (Wildman–Crippen LogP) is 1.70. The van der Waals surface area contributed by atoms with Crippen LogP contribution in [0.4, 0.5) is 0 Å². The van der Waals surface area contributed by atoms with E-state index in [1.54, 1.807) is 26.7 Å². The fourth-order valence-corrected chi connectivity index (χ4v) is 2.24. The maximum Gasteiger partial charge on any atom is 0.171 e. The molecule has 1 N–H and O–H groups in total. The molecule has 2 heterocycles. The minimum absolute atomic E-state index is 0.0307. The van der Waals surface area contributed by atoms with Crippen LogP contribution in [0.1, 0.15) is 24.6 Å². The Kier molecular flexibility index (Phi) is 4.94. The number of imidazole rings is 1. The van der Waals surface area contributed by atoms with E-state index in [0.29, 0.717) is 0 Å². The number of hydrogen-bond acceptors (Lipinski definition) is 5. The third kappa shape index (κ3) is 3.09.